The zero-order valence-corrected chi connectivity index (χ0v) is 21.9. The van der Waals surface area contributed by atoms with Crippen LogP contribution in [0, 0.1) is 16.7 Å². The fourth-order valence-corrected chi connectivity index (χ4v) is 5.05. The molecule has 2 saturated heterocycles. The number of hydrogen-bond acceptors (Lipinski definition) is 8. The van der Waals surface area contributed by atoms with Gasteiger partial charge in [-0.05, 0) is 42.8 Å². The summed E-state index contributed by atoms with van der Waals surface area (Å²) in [4.78, 5) is 37.1. The number of para-hydroxylation sites is 1. The van der Waals surface area contributed by atoms with Crippen LogP contribution in [-0.4, -0.2) is 55.7 Å². The second-order valence-corrected chi connectivity index (χ2v) is 10.3. The molecule has 0 bridgehead atoms. The first kappa shape index (κ1) is 25.3. The molecule has 11 heteroatoms. The standard InChI is InChI=1S/C29H27N7O4/c1-29(16-39-17-29)13-19(14-30)27(37)34-12-11-21(34)15-35-26-24(25(31)32-18-33-26)36(28(35)38)20-7-9-23(10-8-20)40-22-5-3-2-4-6-22/h2-10,13,18,21H,11-12,15-17H2,1H3,(H2,31,32,33)/t21-/m0/s1. The summed E-state index contributed by atoms with van der Waals surface area (Å²) in [5.41, 5.74) is 6.98. The number of ether oxygens (including phenoxy) is 2. The second kappa shape index (κ2) is 9.98. The molecule has 0 unspecified atom stereocenters. The third-order valence-electron chi connectivity index (χ3n) is 7.31. The number of carbonyl (C=O) groups excluding carboxylic acids is 1. The third-order valence-corrected chi connectivity index (χ3v) is 7.31. The first-order chi connectivity index (χ1) is 19.4. The molecule has 202 valence electrons. The number of rotatable bonds is 7. The Morgan fingerprint density at radius 1 is 1.18 bits per heavy atom. The SMILES string of the molecule is CC1(C=C(C#N)C(=O)N2CC[C@H]2Cn2c(=O)n(-c3ccc(Oc4ccccc4)cc3)c3c(N)ncnc32)COC1. The van der Waals surface area contributed by atoms with Crippen molar-refractivity contribution < 1.29 is 14.3 Å². The molecular formula is C29H27N7O4. The number of likely N-dealkylation sites (tertiary alicyclic amines) is 1. The lowest BCUT2D eigenvalue weighted by atomic mass is 9.86. The van der Waals surface area contributed by atoms with Crippen molar-refractivity contribution in [2.24, 2.45) is 5.41 Å². The number of fused-ring (bicyclic) bond motifs is 1. The van der Waals surface area contributed by atoms with E-state index in [0.29, 0.717) is 54.5 Å². The molecule has 2 aliphatic heterocycles. The molecule has 11 nitrogen and oxygen atoms in total. The van der Waals surface area contributed by atoms with Gasteiger partial charge in [0.25, 0.3) is 5.91 Å². The van der Waals surface area contributed by atoms with Crippen LogP contribution in [0.25, 0.3) is 16.9 Å². The highest BCUT2D eigenvalue weighted by Crippen LogP contribution is 2.31. The second-order valence-electron chi connectivity index (χ2n) is 10.3. The Hall–Kier alpha value is -4.95. The smallest absolute Gasteiger partial charge is 0.335 e. The van der Waals surface area contributed by atoms with Gasteiger partial charge in [0.05, 0.1) is 24.9 Å². The van der Waals surface area contributed by atoms with Crippen molar-refractivity contribution in [2.75, 3.05) is 25.5 Å². The van der Waals surface area contributed by atoms with E-state index in [-0.39, 0.29) is 41.0 Å². The monoisotopic (exact) mass is 537 g/mol. The Balaban J connectivity index is 1.30. The van der Waals surface area contributed by atoms with Crippen LogP contribution < -0.4 is 16.2 Å². The van der Waals surface area contributed by atoms with E-state index in [1.165, 1.54) is 15.5 Å². The van der Waals surface area contributed by atoms with Crippen molar-refractivity contribution in [3.63, 3.8) is 0 Å². The molecule has 1 atom stereocenters. The lowest BCUT2D eigenvalue weighted by Crippen LogP contribution is -2.54. The van der Waals surface area contributed by atoms with Crippen molar-refractivity contribution in [2.45, 2.75) is 25.9 Å². The molecule has 1 amide bonds. The van der Waals surface area contributed by atoms with Crippen LogP contribution in [0.4, 0.5) is 5.82 Å². The summed E-state index contributed by atoms with van der Waals surface area (Å²) >= 11 is 0. The minimum absolute atomic E-state index is 0.0923. The molecule has 2 aromatic carbocycles. The highest BCUT2D eigenvalue weighted by molar-refractivity contribution is 5.98. The van der Waals surface area contributed by atoms with Crippen LogP contribution in [-0.2, 0) is 16.1 Å². The topological polar surface area (TPSA) is 141 Å². The van der Waals surface area contributed by atoms with E-state index in [0.717, 1.165) is 0 Å². The third kappa shape index (κ3) is 4.48. The quantitative estimate of drug-likeness (QED) is 0.280. The molecule has 6 rings (SSSR count). The van der Waals surface area contributed by atoms with Gasteiger partial charge in [-0.2, -0.15) is 5.26 Å². The maximum atomic E-state index is 13.8. The molecule has 4 heterocycles. The van der Waals surface area contributed by atoms with Crippen LogP contribution in [0.3, 0.4) is 0 Å². The fraction of sp³-hybridized carbons (Fsp3) is 0.276. The van der Waals surface area contributed by atoms with Crippen LogP contribution in [0.5, 0.6) is 11.5 Å². The Kier molecular flexibility index (Phi) is 6.32. The van der Waals surface area contributed by atoms with Crippen LogP contribution in [0.15, 0.2) is 77.4 Å². The normalized spacial score (nSPS) is 18.1. The number of amides is 1. The molecule has 4 aromatic rings. The number of nitrogens with two attached hydrogens (primary N) is 1. The van der Waals surface area contributed by atoms with Gasteiger partial charge >= 0.3 is 5.69 Å². The number of nitrogen functional groups attached to an aromatic ring is 1. The lowest BCUT2D eigenvalue weighted by molar-refractivity contribution is -0.134. The van der Waals surface area contributed by atoms with E-state index in [9.17, 15) is 14.9 Å². The van der Waals surface area contributed by atoms with Gasteiger partial charge in [-0.1, -0.05) is 31.2 Å². The molecule has 40 heavy (non-hydrogen) atoms. The van der Waals surface area contributed by atoms with E-state index < -0.39 is 0 Å². The number of anilines is 1. The van der Waals surface area contributed by atoms with Gasteiger partial charge < -0.3 is 20.1 Å². The number of nitriles is 1. The Morgan fingerprint density at radius 3 is 2.52 bits per heavy atom. The summed E-state index contributed by atoms with van der Waals surface area (Å²) in [5, 5.41) is 9.67. The summed E-state index contributed by atoms with van der Waals surface area (Å²) < 4.78 is 14.1. The maximum Gasteiger partial charge on any atom is 0.335 e. The fourth-order valence-electron chi connectivity index (χ4n) is 5.05. The molecular weight excluding hydrogens is 510 g/mol. The minimum atomic E-state index is -0.353. The first-order valence-corrected chi connectivity index (χ1v) is 12.9. The predicted octanol–water partition coefficient (Wildman–Crippen LogP) is 3.04. The van der Waals surface area contributed by atoms with Gasteiger partial charge in [0, 0.05) is 18.5 Å². The van der Waals surface area contributed by atoms with E-state index in [1.54, 1.807) is 35.2 Å². The van der Waals surface area contributed by atoms with Crippen LogP contribution >= 0.6 is 0 Å². The zero-order valence-electron chi connectivity index (χ0n) is 21.9. The van der Waals surface area contributed by atoms with E-state index >= 15 is 0 Å². The summed E-state index contributed by atoms with van der Waals surface area (Å²) in [6.45, 7) is 3.62. The highest BCUT2D eigenvalue weighted by Gasteiger charge is 2.38. The van der Waals surface area contributed by atoms with Crippen molar-refractivity contribution in [1.29, 1.82) is 5.26 Å². The predicted molar refractivity (Wildman–Crippen MR) is 147 cm³/mol. The molecule has 2 aliphatic rings. The van der Waals surface area contributed by atoms with Gasteiger partial charge in [-0.25, -0.2) is 14.8 Å². The van der Waals surface area contributed by atoms with Crippen molar-refractivity contribution in [1.82, 2.24) is 24.0 Å². The molecule has 0 aliphatic carbocycles. The first-order valence-electron chi connectivity index (χ1n) is 12.9. The molecule has 2 N–H and O–H groups in total. The van der Waals surface area contributed by atoms with Crippen LogP contribution in [0.2, 0.25) is 0 Å². The average molecular weight is 538 g/mol. The average Bonchev–Trinajstić information content (AvgIpc) is 3.21. The van der Waals surface area contributed by atoms with E-state index in [1.807, 2.05) is 43.3 Å². The van der Waals surface area contributed by atoms with Gasteiger partial charge in [-0.15, -0.1) is 0 Å². The van der Waals surface area contributed by atoms with Gasteiger partial charge in [0.1, 0.15) is 35.0 Å². The molecule has 0 saturated carbocycles. The number of aromatic nitrogens is 4. The van der Waals surface area contributed by atoms with Crippen molar-refractivity contribution in [3.05, 3.63) is 83.1 Å². The summed E-state index contributed by atoms with van der Waals surface area (Å²) in [6, 6.07) is 18.3. The number of hydrogen-bond donors (Lipinski definition) is 1. The number of benzene rings is 2. The number of carbonyl (C=O) groups is 1. The molecule has 0 radical (unpaired) electrons. The summed E-state index contributed by atoms with van der Waals surface area (Å²) in [7, 11) is 0. The number of nitrogens with zero attached hydrogens (tertiary/aromatic N) is 6. The molecule has 2 aromatic heterocycles. The molecule has 2 fully saturated rings. The zero-order chi connectivity index (χ0) is 27.9. The van der Waals surface area contributed by atoms with E-state index in [2.05, 4.69) is 9.97 Å². The van der Waals surface area contributed by atoms with Gasteiger partial charge in [0.2, 0.25) is 0 Å². The lowest BCUT2D eigenvalue weighted by Gasteiger charge is -2.41. The Bertz CT molecular complexity index is 1710. The van der Waals surface area contributed by atoms with Gasteiger partial charge in [-0.3, -0.25) is 13.9 Å². The summed E-state index contributed by atoms with van der Waals surface area (Å²) in [5.74, 6) is 1.14. The minimum Gasteiger partial charge on any atom is -0.457 e. The summed E-state index contributed by atoms with van der Waals surface area (Å²) in [6.07, 6.45) is 3.71. The van der Waals surface area contributed by atoms with Crippen molar-refractivity contribution in [3.8, 4) is 23.3 Å². The van der Waals surface area contributed by atoms with E-state index in [4.69, 9.17) is 15.2 Å². The Labute approximate surface area is 229 Å². The number of imidazole rings is 1. The molecule has 0 spiro atoms. The maximum absolute atomic E-state index is 13.8. The largest absolute Gasteiger partial charge is 0.457 e. The van der Waals surface area contributed by atoms with Crippen molar-refractivity contribution >= 4 is 22.9 Å². The van der Waals surface area contributed by atoms with Crippen LogP contribution in [0.1, 0.15) is 13.3 Å². The van der Waals surface area contributed by atoms with Gasteiger partial charge in [0.15, 0.2) is 11.5 Å². The highest BCUT2D eigenvalue weighted by atomic mass is 16.5. The Morgan fingerprint density at radius 2 is 1.90 bits per heavy atom.